The van der Waals surface area contributed by atoms with Crippen LogP contribution in [0.2, 0.25) is 0 Å². The van der Waals surface area contributed by atoms with Crippen molar-refractivity contribution < 1.29 is 0 Å². The van der Waals surface area contributed by atoms with E-state index in [9.17, 15) is 0 Å². The molecule has 2 rings (SSSR count). The number of nitrogens with one attached hydrogen (secondary N) is 2. The van der Waals surface area contributed by atoms with Crippen molar-refractivity contribution in [2.24, 2.45) is 0 Å². The molecule has 2 N–H and O–H groups in total. The first-order valence-electron chi connectivity index (χ1n) is 3.84. The van der Waals surface area contributed by atoms with E-state index in [2.05, 4.69) is 25.4 Å². The van der Waals surface area contributed by atoms with E-state index in [1.54, 1.807) is 18.0 Å². The number of aryl methyl sites for hydroxylation is 1. The Balaban J connectivity index is 1.93. The van der Waals surface area contributed by atoms with Gasteiger partial charge in [-0.3, -0.25) is 10.2 Å². The molecule has 68 valence electrons. The molecule has 2 aromatic rings. The fourth-order valence-electron chi connectivity index (χ4n) is 0.894. The number of aromatic nitrogens is 5. The molecule has 0 saturated carbocycles. The van der Waals surface area contributed by atoms with Gasteiger partial charge in [0, 0.05) is 17.6 Å². The first kappa shape index (κ1) is 8.31. The molecule has 0 atom stereocenters. The summed E-state index contributed by atoms with van der Waals surface area (Å²) in [6.07, 6.45) is 1.74. The lowest BCUT2D eigenvalue weighted by Gasteiger charge is -1.91. The van der Waals surface area contributed by atoms with Gasteiger partial charge >= 0.3 is 0 Å². The van der Waals surface area contributed by atoms with Crippen molar-refractivity contribution in [2.75, 3.05) is 0 Å². The van der Waals surface area contributed by atoms with Crippen LogP contribution in [0.25, 0.3) is 0 Å². The van der Waals surface area contributed by atoms with Gasteiger partial charge in [-0.25, -0.2) is 4.98 Å². The summed E-state index contributed by atoms with van der Waals surface area (Å²) in [5, 5.41) is 14.3. The van der Waals surface area contributed by atoms with Gasteiger partial charge < -0.3 is 0 Å². The topological polar surface area (TPSA) is 70.2 Å². The van der Waals surface area contributed by atoms with Crippen molar-refractivity contribution in [2.45, 2.75) is 17.8 Å². The van der Waals surface area contributed by atoms with Crippen LogP contribution in [0.3, 0.4) is 0 Å². The molecule has 0 aliphatic heterocycles. The molecule has 0 saturated heterocycles. The number of thioether (sulfide) groups is 1. The quantitative estimate of drug-likeness (QED) is 0.720. The first-order chi connectivity index (χ1) is 6.34. The molecule has 2 heterocycles. The summed E-state index contributed by atoms with van der Waals surface area (Å²) in [7, 11) is 0. The van der Waals surface area contributed by atoms with Gasteiger partial charge in [-0.1, -0.05) is 11.8 Å². The van der Waals surface area contributed by atoms with Crippen molar-refractivity contribution in [3.63, 3.8) is 0 Å². The minimum Gasteiger partial charge on any atom is -0.282 e. The van der Waals surface area contributed by atoms with E-state index in [1.165, 1.54) is 0 Å². The predicted octanol–water partition coefficient (Wildman–Crippen LogP) is 1.13. The van der Waals surface area contributed by atoms with Crippen molar-refractivity contribution in [3.8, 4) is 0 Å². The zero-order chi connectivity index (χ0) is 9.10. The van der Waals surface area contributed by atoms with Crippen LogP contribution >= 0.6 is 11.8 Å². The van der Waals surface area contributed by atoms with E-state index < -0.39 is 0 Å². The van der Waals surface area contributed by atoms with Gasteiger partial charge in [0.05, 0.1) is 0 Å². The molecule has 0 fully saturated rings. The minimum absolute atomic E-state index is 0.770. The van der Waals surface area contributed by atoms with Crippen molar-refractivity contribution >= 4 is 11.8 Å². The van der Waals surface area contributed by atoms with Crippen LogP contribution in [0.15, 0.2) is 17.4 Å². The summed E-state index contributed by atoms with van der Waals surface area (Å²) >= 11 is 1.57. The zero-order valence-electron chi connectivity index (χ0n) is 7.11. The Morgan fingerprint density at radius 3 is 3.00 bits per heavy atom. The number of hydrogen-bond donors (Lipinski definition) is 2. The predicted molar refractivity (Wildman–Crippen MR) is 49.3 cm³/mol. The zero-order valence-corrected chi connectivity index (χ0v) is 7.93. The molecule has 0 bridgehead atoms. The van der Waals surface area contributed by atoms with Gasteiger partial charge in [0.25, 0.3) is 0 Å². The number of H-pyrrole nitrogens is 2. The second-order valence-corrected chi connectivity index (χ2v) is 3.52. The van der Waals surface area contributed by atoms with E-state index in [0.29, 0.717) is 0 Å². The van der Waals surface area contributed by atoms with E-state index in [1.807, 2.05) is 13.0 Å². The average molecular weight is 195 g/mol. The average Bonchev–Trinajstić information content (AvgIpc) is 2.71. The molecule has 5 nitrogen and oxygen atoms in total. The highest BCUT2D eigenvalue weighted by Gasteiger charge is 2.01. The van der Waals surface area contributed by atoms with Crippen LogP contribution in [0, 0.1) is 6.92 Å². The third kappa shape index (κ3) is 2.09. The molecule has 0 amide bonds. The molecule has 0 spiro atoms. The van der Waals surface area contributed by atoms with Gasteiger partial charge in [-0.2, -0.15) is 5.10 Å². The molecule has 0 radical (unpaired) electrons. The van der Waals surface area contributed by atoms with Crippen LogP contribution in [0.5, 0.6) is 0 Å². The lowest BCUT2D eigenvalue weighted by Crippen LogP contribution is -1.82. The highest BCUT2D eigenvalue weighted by Crippen LogP contribution is 2.16. The highest BCUT2D eigenvalue weighted by atomic mass is 32.2. The Hall–Kier alpha value is -1.30. The maximum atomic E-state index is 4.17. The summed E-state index contributed by atoms with van der Waals surface area (Å²) in [6, 6.07) is 1.94. The highest BCUT2D eigenvalue weighted by molar-refractivity contribution is 7.98. The van der Waals surface area contributed by atoms with Crippen LogP contribution in [-0.4, -0.2) is 25.4 Å². The van der Waals surface area contributed by atoms with Crippen molar-refractivity contribution in [1.82, 2.24) is 25.4 Å². The number of nitrogens with zero attached hydrogens (tertiary/aromatic N) is 3. The Kier molecular flexibility index (Phi) is 2.31. The Labute approximate surface area is 79.4 Å². The summed E-state index contributed by atoms with van der Waals surface area (Å²) in [5.41, 5.74) is 1.08. The van der Waals surface area contributed by atoms with Gasteiger partial charge in [-0.15, -0.1) is 5.10 Å². The van der Waals surface area contributed by atoms with Crippen LogP contribution < -0.4 is 0 Å². The Morgan fingerprint density at radius 1 is 1.46 bits per heavy atom. The monoisotopic (exact) mass is 195 g/mol. The second kappa shape index (κ2) is 3.61. The molecule has 2 aromatic heterocycles. The number of hydrogen-bond acceptors (Lipinski definition) is 4. The Morgan fingerprint density at radius 2 is 2.38 bits per heavy atom. The third-order valence-electron chi connectivity index (χ3n) is 1.49. The van der Waals surface area contributed by atoms with Crippen molar-refractivity contribution in [1.29, 1.82) is 0 Å². The largest absolute Gasteiger partial charge is 0.282 e. The van der Waals surface area contributed by atoms with E-state index in [-0.39, 0.29) is 0 Å². The molecule has 0 aromatic carbocycles. The van der Waals surface area contributed by atoms with Gasteiger partial charge in [-0.05, 0) is 13.0 Å². The molecule has 0 aliphatic rings. The normalized spacial score (nSPS) is 10.5. The van der Waals surface area contributed by atoms with E-state index >= 15 is 0 Å². The molecular formula is C7H9N5S. The second-order valence-electron chi connectivity index (χ2n) is 2.57. The summed E-state index contributed by atoms with van der Waals surface area (Å²) < 4.78 is 0. The lowest BCUT2D eigenvalue weighted by molar-refractivity contribution is 0.966. The van der Waals surface area contributed by atoms with E-state index in [4.69, 9.17) is 0 Å². The fourth-order valence-corrected chi connectivity index (χ4v) is 1.65. The maximum Gasteiger partial charge on any atom is 0.208 e. The van der Waals surface area contributed by atoms with Crippen LogP contribution in [0.4, 0.5) is 0 Å². The van der Waals surface area contributed by atoms with E-state index in [0.717, 1.165) is 22.4 Å². The fraction of sp³-hybridized carbons (Fsp3) is 0.286. The number of rotatable bonds is 3. The summed E-state index contributed by atoms with van der Waals surface area (Å²) in [4.78, 5) is 4.17. The summed E-state index contributed by atoms with van der Waals surface area (Å²) in [6.45, 7) is 1.88. The molecular weight excluding hydrogens is 186 g/mol. The lowest BCUT2D eigenvalue weighted by atomic mass is 10.5. The smallest absolute Gasteiger partial charge is 0.208 e. The van der Waals surface area contributed by atoms with Gasteiger partial charge in [0.15, 0.2) is 0 Å². The van der Waals surface area contributed by atoms with Crippen LogP contribution in [0.1, 0.15) is 11.5 Å². The molecule has 0 aliphatic carbocycles. The van der Waals surface area contributed by atoms with Gasteiger partial charge in [0.2, 0.25) is 5.16 Å². The maximum absolute atomic E-state index is 4.17. The van der Waals surface area contributed by atoms with Gasteiger partial charge in [0.1, 0.15) is 5.82 Å². The molecule has 6 heteroatoms. The number of aromatic amines is 2. The molecule has 13 heavy (non-hydrogen) atoms. The summed E-state index contributed by atoms with van der Waals surface area (Å²) in [5.74, 6) is 1.66. The first-order valence-corrected chi connectivity index (χ1v) is 4.83. The standard InChI is InChI=1S/C7H9N5S/c1-5-9-7(12-10-5)13-4-6-2-3-8-11-6/h2-3H,4H2,1H3,(H,8,11)(H,9,10,12). The SMILES string of the molecule is Cc1nc(SCc2ccn[nH]2)n[nH]1. The van der Waals surface area contributed by atoms with Crippen molar-refractivity contribution in [3.05, 3.63) is 23.8 Å². The Bertz CT molecular complexity index is 366. The van der Waals surface area contributed by atoms with Crippen LogP contribution in [-0.2, 0) is 5.75 Å². The minimum atomic E-state index is 0.770. The molecule has 0 unspecified atom stereocenters. The third-order valence-corrected chi connectivity index (χ3v) is 2.39.